The van der Waals surface area contributed by atoms with E-state index in [0.29, 0.717) is 21.0 Å². The Hall–Kier alpha value is -1.53. The van der Waals surface area contributed by atoms with Crippen LogP contribution in [0.4, 0.5) is 0 Å². The van der Waals surface area contributed by atoms with Gasteiger partial charge in [-0.05, 0) is 34.5 Å². The second-order valence-electron chi connectivity index (χ2n) is 4.11. The topological polar surface area (TPSA) is 99.3 Å². The van der Waals surface area contributed by atoms with E-state index in [1.807, 2.05) is 6.92 Å². The average molecular weight is 313 g/mol. The molecule has 5 nitrogen and oxygen atoms in total. The molecule has 2 aromatic rings. The van der Waals surface area contributed by atoms with Crippen molar-refractivity contribution in [3.8, 4) is 5.75 Å². The number of aliphatic carboxylic acids is 1. The number of aromatic hydroxyl groups is 1. The molecular weight excluding hydrogens is 300 g/mol. The fourth-order valence-electron chi connectivity index (χ4n) is 2.17. The molecule has 0 spiro atoms. The van der Waals surface area contributed by atoms with Crippen molar-refractivity contribution in [2.24, 2.45) is 5.73 Å². The molecule has 1 heterocycles. The Bertz CT molecular complexity index is 634. The lowest BCUT2D eigenvalue weighted by molar-refractivity contribution is -0.136. The van der Waals surface area contributed by atoms with Crippen molar-refractivity contribution in [3.05, 3.63) is 27.4 Å². The Morgan fingerprint density at radius 1 is 1.50 bits per heavy atom. The number of carbonyl (C=O) groups is 1. The fourth-order valence-corrected chi connectivity index (χ4v) is 2.64. The number of fused-ring (bicyclic) bond motifs is 1. The number of rotatable bonds is 3. The van der Waals surface area contributed by atoms with E-state index < -0.39 is 5.97 Å². The summed E-state index contributed by atoms with van der Waals surface area (Å²) in [6.45, 7) is 1.95. The number of aryl methyl sites for hydroxylation is 1. The van der Waals surface area contributed by atoms with Gasteiger partial charge in [0.2, 0.25) is 0 Å². The molecule has 0 amide bonds. The van der Waals surface area contributed by atoms with Gasteiger partial charge < -0.3 is 20.9 Å². The van der Waals surface area contributed by atoms with Crippen LogP contribution >= 0.6 is 15.9 Å². The van der Waals surface area contributed by atoms with Crippen molar-refractivity contribution < 1.29 is 15.0 Å². The Morgan fingerprint density at radius 2 is 2.17 bits per heavy atom. The summed E-state index contributed by atoms with van der Waals surface area (Å²) in [7, 11) is 0. The number of halogens is 1. The van der Waals surface area contributed by atoms with E-state index >= 15 is 0 Å². The van der Waals surface area contributed by atoms with E-state index in [1.54, 1.807) is 6.07 Å². The number of phenolic OH excluding ortho intramolecular Hbond substituents is 1. The van der Waals surface area contributed by atoms with Crippen LogP contribution in [0.25, 0.3) is 10.9 Å². The third kappa shape index (κ3) is 1.97. The zero-order valence-electron chi connectivity index (χ0n) is 9.75. The Morgan fingerprint density at radius 3 is 2.72 bits per heavy atom. The van der Waals surface area contributed by atoms with Crippen LogP contribution in [0, 0.1) is 6.92 Å². The Labute approximate surface area is 112 Å². The molecule has 0 radical (unpaired) electrons. The maximum Gasteiger partial charge on any atom is 0.307 e. The monoisotopic (exact) mass is 312 g/mol. The molecule has 0 aliphatic heterocycles. The number of aromatic amines is 1. The molecule has 1 aromatic carbocycles. The normalized spacial score (nSPS) is 11.1. The summed E-state index contributed by atoms with van der Waals surface area (Å²) in [5, 5.41) is 19.6. The standard InChI is InChI=1S/C12H13BrN2O3/c1-5-6(2-10(16)17)11-7(4-14)12(18)8(13)3-9(11)15-5/h3,15,18H,2,4,14H2,1H3,(H,16,17). The molecular formula is C12H13BrN2O3. The molecule has 0 aliphatic rings. The summed E-state index contributed by atoms with van der Waals surface area (Å²) in [6.07, 6.45) is -0.0973. The number of aromatic nitrogens is 1. The number of hydrogen-bond donors (Lipinski definition) is 4. The van der Waals surface area contributed by atoms with Crippen LogP contribution in [-0.2, 0) is 17.8 Å². The first-order chi connectivity index (χ1) is 8.45. The van der Waals surface area contributed by atoms with Gasteiger partial charge >= 0.3 is 5.97 Å². The van der Waals surface area contributed by atoms with Crippen molar-refractivity contribution in [1.29, 1.82) is 0 Å². The van der Waals surface area contributed by atoms with Gasteiger partial charge in [0.25, 0.3) is 0 Å². The molecule has 0 fully saturated rings. The van der Waals surface area contributed by atoms with Crippen LogP contribution in [0.5, 0.6) is 5.75 Å². The zero-order chi connectivity index (χ0) is 13.4. The molecule has 0 unspecified atom stereocenters. The number of H-pyrrole nitrogens is 1. The number of hydrogen-bond acceptors (Lipinski definition) is 3. The molecule has 5 N–H and O–H groups in total. The molecule has 0 saturated carbocycles. The lowest BCUT2D eigenvalue weighted by Crippen LogP contribution is -2.03. The molecule has 6 heteroatoms. The van der Waals surface area contributed by atoms with Crippen molar-refractivity contribution in [3.63, 3.8) is 0 Å². The maximum absolute atomic E-state index is 10.9. The molecule has 96 valence electrons. The van der Waals surface area contributed by atoms with E-state index in [9.17, 15) is 9.90 Å². The van der Waals surface area contributed by atoms with E-state index in [2.05, 4.69) is 20.9 Å². The van der Waals surface area contributed by atoms with Gasteiger partial charge in [-0.2, -0.15) is 0 Å². The van der Waals surface area contributed by atoms with Crippen LogP contribution in [0.15, 0.2) is 10.5 Å². The fraction of sp³-hybridized carbons (Fsp3) is 0.250. The summed E-state index contributed by atoms with van der Waals surface area (Å²) in [4.78, 5) is 14.0. The van der Waals surface area contributed by atoms with Gasteiger partial charge in [-0.3, -0.25) is 4.79 Å². The van der Waals surface area contributed by atoms with Crippen molar-refractivity contribution in [2.75, 3.05) is 0 Å². The quantitative estimate of drug-likeness (QED) is 0.696. The number of nitrogens with one attached hydrogen (secondary N) is 1. The maximum atomic E-state index is 10.9. The van der Waals surface area contributed by atoms with Crippen molar-refractivity contribution in [1.82, 2.24) is 4.98 Å². The second kappa shape index (κ2) is 4.62. The molecule has 0 aliphatic carbocycles. The van der Waals surface area contributed by atoms with Crippen molar-refractivity contribution in [2.45, 2.75) is 19.9 Å². The molecule has 0 bridgehead atoms. The first kappa shape index (κ1) is 12.9. The van der Waals surface area contributed by atoms with Gasteiger partial charge in [0.1, 0.15) is 5.75 Å². The number of nitrogens with two attached hydrogens (primary N) is 1. The SMILES string of the molecule is Cc1[nH]c2cc(Br)c(O)c(CN)c2c1CC(=O)O. The van der Waals surface area contributed by atoms with Crippen molar-refractivity contribution >= 4 is 32.8 Å². The largest absolute Gasteiger partial charge is 0.506 e. The smallest absolute Gasteiger partial charge is 0.307 e. The summed E-state index contributed by atoms with van der Waals surface area (Å²) in [6, 6.07) is 1.72. The zero-order valence-corrected chi connectivity index (χ0v) is 11.3. The van der Waals surface area contributed by atoms with Crippen LogP contribution in [0.3, 0.4) is 0 Å². The van der Waals surface area contributed by atoms with E-state index in [-0.39, 0.29) is 18.7 Å². The number of carboxylic acid groups (broad SMARTS) is 1. The third-order valence-electron chi connectivity index (χ3n) is 2.96. The Kier molecular flexibility index (Phi) is 3.32. The first-order valence-corrected chi connectivity index (χ1v) is 6.18. The summed E-state index contributed by atoms with van der Waals surface area (Å²) < 4.78 is 0.540. The highest BCUT2D eigenvalue weighted by Gasteiger charge is 2.18. The van der Waals surface area contributed by atoms with Gasteiger partial charge in [0.15, 0.2) is 0 Å². The highest BCUT2D eigenvalue weighted by atomic mass is 79.9. The predicted octanol–water partition coefficient (Wildman–Crippen LogP) is 2.03. The van der Waals surface area contributed by atoms with Gasteiger partial charge in [0, 0.05) is 28.7 Å². The molecule has 2 rings (SSSR count). The van der Waals surface area contributed by atoms with Gasteiger partial charge in [0.05, 0.1) is 10.9 Å². The highest BCUT2D eigenvalue weighted by molar-refractivity contribution is 9.10. The van der Waals surface area contributed by atoms with Crippen LogP contribution in [-0.4, -0.2) is 21.2 Å². The molecule has 1 aromatic heterocycles. The lowest BCUT2D eigenvalue weighted by atomic mass is 10.0. The minimum absolute atomic E-state index is 0.0654. The van der Waals surface area contributed by atoms with Crippen LogP contribution < -0.4 is 5.73 Å². The van der Waals surface area contributed by atoms with Crippen LogP contribution in [0.1, 0.15) is 16.8 Å². The summed E-state index contributed by atoms with van der Waals surface area (Å²) in [5.74, 6) is -0.847. The molecule has 18 heavy (non-hydrogen) atoms. The van der Waals surface area contributed by atoms with Gasteiger partial charge in [-0.1, -0.05) is 0 Å². The summed E-state index contributed by atoms with van der Waals surface area (Å²) >= 11 is 3.25. The average Bonchev–Trinajstić information content (AvgIpc) is 2.57. The number of benzene rings is 1. The minimum atomic E-state index is -0.913. The number of carboxylic acids is 1. The third-order valence-corrected chi connectivity index (χ3v) is 3.57. The van der Waals surface area contributed by atoms with E-state index in [4.69, 9.17) is 10.8 Å². The molecule has 0 saturated heterocycles. The second-order valence-corrected chi connectivity index (χ2v) is 4.97. The highest BCUT2D eigenvalue weighted by Crippen LogP contribution is 2.37. The molecule has 0 atom stereocenters. The Balaban J connectivity index is 2.82. The number of phenols is 1. The first-order valence-electron chi connectivity index (χ1n) is 5.39. The van der Waals surface area contributed by atoms with Gasteiger partial charge in [-0.25, -0.2) is 0 Å². The van der Waals surface area contributed by atoms with E-state index in [1.165, 1.54) is 0 Å². The lowest BCUT2D eigenvalue weighted by Gasteiger charge is -2.08. The minimum Gasteiger partial charge on any atom is -0.506 e. The van der Waals surface area contributed by atoms with Gasteiger partial charge in [-0.15, -0.1) is 0 Å². The van der Waals surface area contributed by atoms with Crippen LogP contribution in [0.2, 0.25) is 0 Å². The van der Waals surface area contributed by atoms with E-state index in [0.717, 1.165) is 11.2 Å². The predicted molar refractivity (Wildman–Crippen MR) is 71.6 cm³/mol. The summed E-state index contributed by atoms with van der Waals surface area (Å²) in [5.41, 5.74) is 8.42.